The van der Waals surface area contributed by atoms with Crippen LogP contribution in [-0.2, 0) is 15.8 Å². The van der Waals surface area contributed by atoms with E-state index < -0.39 is 17.6 Å². The molecule has 1 saturated heterocycles. The van der Waals surface area contributed by atoms with Gasteiger partial charge in [0.2, 0.25) is 11.8 Å². The molecule has 1 aliphatic rings. The Morgan fingerprint density at radius 1 is 1.39 bits per heavy atom. The summed E-state index contributed by atoms with van der Waals surface area (Å²) in [5.41, 5.74) is 4.98. The Hall–Kier alpha value is -2.05. The van der Waals surface area contributed by atoms with E-state index in [-0.39, 0.29) is 24.2 Å². The van der Waals surface area contributed by atoms with Crippen LogP contribution in [0.5, 0.6) is 0 Å². The maximum absolute atomic E-state index is 12.7. The van der Waals surface area contributed by atoms with Crippen LogP contribution in [0.4, 0.5) is 13.2 Å². The lowest BCUT2D eigenvalue weighted by Crippen LogP contribution is -2.32. The Morgan fingerprint density at radius 2 is 2.09 bits per heavy atom. The minimum Gasteiger partial charge on any atom is -0.369 e. The van der Waals surface area contributed by atoms with Crippen molar-refractivity contribution in [2.75, 3.05) is 13.1 Å². The smallest absolute Gasteiger partial charge is 0.369 e. The first-order chi connectivity index (χ1) is 10.7. The molecule has 0 radical (unpaired) electrons. The molecule has 23 heavy (non-hydrogen) atoms. The third kappa shape index (κ3) is 4.24. The summed E-state index contributed by atoms with van der Waals surface area (Å²) in [7, 11) is 0. The van der Waals surface area contributed by atoms with E-state index in [0.717, 1.165) is 12.1 Å². The van der Waals surface area contributed by atoms with Crippen LogP contribution < -0.4 is 5.73 Å². The van der Waals surface area contributed by atoms with Gasteiger partial charge in [0.05, 0.1) is 11.5 Å². The fraction of sp³-hybridized carbons (Fsp3) is 0.500. The molecule has 0 aromatic heterocycles. The van der Waals surface area contributed by atoms with Crippen molar-refractivity contribution in [3.8, 4) is 0 Å². The summed E-state index contributed by atoms with van der Waals surface area (Å²) in [6.45, 7) is 2.47. The predicted molar refractivity (Wildman–Crippen MR) is 78.4 cm³/mol. The number of likely N-dealkylation sites (tertiary alicyclic amines) is 1. The maximum atomic E-state index is 12.7. The van der Waals surface area contributed by atoms with Gasteiger partial charge in [0.25, 0.3) is 0 Å². The number of carbonyl (C=O) groups excluding carboxylic acids is 2. The van der Waals surface area contributed by atoms with Crippen LogP contribution in [0, 0.1) is 5.92 Å². The van der Waals surface area contributed by atoms with Gasteiger partial charge >= 0.3 is 6.18 Å². The Labute approximate surface area is 132 Å². The van der Waals surface area contributed by atoms with Crippen LogP contribution in [-0.4, -0.2) is 29.8 Å². The van der Waals surface area contributed by atoms with Gasteiger partial charge in [-0.25, -0.2) is 0 Å². The average molecular weight is 328 g/mol. The highest BCUT2D eigenvalue weighted by Crippen LogP contribution is 2.32. The molecule has 2 atom stereocenters. The minimum absolute atomic E-state index is 0.104. The topological polar surface area (TPSA) is 63.4 Å². The van der Waals surface area contributed by atoms with Gasteiger partial charge in [-0.15, -0.1) is 0 Å². The second-order valence-electron chi connectivity index (χ2n) is 5.96. The zero-order chi connectivity index (χ0) is 17.2. The van der Waals surface area contributed by atoms with Gasteiger partial charge in [0.15, 0.2) is 0 Å². The monoisotopic (exact) mass is 328 g/mol. The molecule has 7 heteroatoms. The predicted octanol–water partition coefficient (Wildman–Crippen LogP) is 2.53. The summed E-state index contributed by atoms with van der Waals surface area (Å²) in [6.07, 6.45) is -3.75. The third-order valence-electron chi connectivity index (χ3n) is 4.21. The molecule has 2 rings (SSSR count). The molecular weight excluding hydrogens is 309 g/mol. The van der Waals surface area contributed by atoms with Crippen LogP contribution in [0.15, 0.2) is 24.3 Å². The van der Waals surface area contributed by atoms with E-state index in [1.807, 2.05) is 0 Å². The number of hydrogen-bond donors (Lipinski definition) is 1. The fourth-order valence-electron chi connectivity index (χ4n) is 2.75. The molecule has 1 aliphatic heterocycles. The van der Waals surface area contributed by atoms with Gasteiger partial charge in [-0.1, -0.05) is 25.1 Å². The van der Waals surface area contributed by atoms with E-state index in [1.165, 1.54) is 6.07 Å². The normalized spacial score (nSPS) is 19.7. The van der Waals surface area contributed by atoms with Gasteiger partial charge in [-0.3, -0.25) is 9.59 Å². The second kappa shape index (κ2) is 6.60. The summed E-state index contributed by atoms with van der Waals surface area (Å²) >= 11 is 0. The Bertz CT molecular complexity index is 601. The molecule has 0 bridgehead atoms. The van der Waals surface area contributed by atoms with Gasteiger partial charge in [-0.2, -0.15) is 13.2 Å². The zero-order valence-electron chi connectivity index (χ0n) is 12.8. The van der Waals surface area contributed by atoms with Crippen molar-refractivity contribution in [1.82, 2.24) is 4.90 Å². The molecule has 1 heterocycles. The first-order valence-corrected chi connectivity index (χ1v) is 7.42. The molecule has 0 aliphatic carbocycles. The van der Waals surface area contributed by atoms with E-state index in [4.69, 9.17) is 5.73 Å². The van der Waals surface area contributed by atoms with Crippen LogP contribution in [0.3, 0.4) is 0 Å². The summed E-state index contributed by atoms with van der Waals surface area (Å²) in [5.74, 6) is -1.26. The van der Waals surface area contributed by atoms with E-state index >= 15 is 0 Å². The highest BCUT2D eigenvalue weighted by Gasteiger charge is 2.32. The van der Waals surface area contributed by atoms with Crippen molar-refractivity contribution in [1.29, 1.82) is 0 Å². The lowest BCUT2D eigenvalue weighted by Gasteiger charge is -2.19. The number of alkyl halides is 3. The third-order valence-corrected chi connectivity index (χ3v) is 4.21. The SMILES string of the molecule is CC(CC(=O)N1CCC(C(N)=O)C1)c1cccc(C(F)(F)F)c1. The molecule has 4 nitrogen and oxygen atoms in total. The highest BCUT2D eigenvalue weighted by molar-refractivity contribution is 5.81. The molecule has 2 unspecified atom stereocenters. The molecule has 1 aromatic carbocycles. The van der Waals surface area contributed by atoms with Crippen LogP contribution >= 0.6 is 0 Å². The highest BCUT2D eigenvalue weighted by atomic mass is 19.4. The number of nitrogens with two attached hydrogens (primary N) is 1. The zero-order valence-corrected chi connectivity index (χ0v) is 12.8. The molecule has 0 saturated carbocycles. The van der Waals surface area contributed by atoms with Crippen molar-refractivity contribution in [2.45, 2.75) is 31.9 Å². The number of carbonyl (C=O) groups is 2. The van der Waals surface area contributed by atoms with Crippen molar-refractivity contribution < 1.29 is 22.8 Å². The summed E-state index contributed by atoms with van der Waals surface area (Å²) in [4.78, 5) is 24.9. The van der Waals surface area contributed by atoms with Gasteiger partial charge in [-0.05, 0) is 24.0 Å². The largest absolute Gasteiger partial charge is 0.416 e. The van der Waals surface area contributed by atoms with Crippen molar-refractivity contribution in [3.63, 3.8) is 0 Å². The minimum atomic E-state index is -4.40. The first kappa shape index (κ1) is 17.3. The van der Waals surface area contributed by atoms with Crippen LogP contribution in [0.25, 0.3) is 0 Å². The molecule has 1 aromatic rings. The molecule has 1 fully saturated rings. The van der Waals surface area contributed by atoms with Gasteiger partial charge in [0, 0.05) is 19.5 Å². The van der Waals surface area contributed by atoms with Crippen molar-refractivity contribution in [3.05, 3.63) is 35.4 Å². The Morgan fingerprint density at radius 3 is 2.65 bits per heavy atom. The van der Waals surface area contributed by atoms with Crippen LogP contribution in [0.1, 0.15) is 36.8 Å². The van der Waals surface area contributed by atoms with E-state index in [9.17, 15) is 22.8 Å². The van der Waals surface area contributed by atoms with Gasteiger partial charge in [0.1, 0.15) is 0 Å². The lowest BCUT2D eigenvalue weighted by molar-refractivity contribution is -0.137. The fourth-order valence-corrected chi connectivity index (χ4v) is 2.75. The number of halogens is 3. The number of amides is 2. The van der Waals surface area contributed by atoms with E-state index in [0.29, 0.717) is 25.1 Å². The van der Waals surface area contributed by atoms with Crippen LogP contribution in [0.2, 0.25) is 0 Å². The molecular formula is C16H19F3N2O2. The number of benzene rings is 1. The summed E-state index contributed by atoms with van der Waals surface area (Å²) in [6, 6.07) is 5.02. The maximum Gasteiger partial charge on any atom is 0.416 e. The summed E-state index contributed by atoms with van der Waals surface area (Å²) < 4.78 is 38.2. The molecule has 2 N–H and O–H groups in total. The number of primary amides is 1. The average Bonchev–Trinajstić information content (AvgIpc) is 2.96. The van der Waals surface area contributed by atoms with Gasteiger partial charge < -0.3 is 10.6 Å². The first-order valence-electron chi connectivity index (χ1n) is 7.42. The second-order valence-corrected chi connectivity index (χ2v) is 5.96. The summed E-state index contributed by atoms with van der Waals surface area (Å²) in [5, 5.41) is 0. The molecule has 2 amide bonds. The number of nitrogens with zero attached hydrogens (tertiary/aromatic N) is 1. The van der Waals surface area contributed by atoms with E-state index in [2.05, 4.69) is 0 Å². The van der Waals surface area contributed by atoms with Crippen molar-refractivity contribution >= 4 is 11.8 Å². The molecule has 0 spiro atoms. The quantitative estimate of drug-likeness (QED) is 0.923. The number of rotatable bonds is 4. The lowest BCUT2D eigenvalue weighted by atomic mass is 9.95. The Kier molecular flexibility index (Phi) is 4.97. The van der Waals surface area contributed by atoms with Crippen molar-refractivity contribution in [2.24, 2.45) is 11.7 Å². The van der Waals surface area contributed by atoms with E-state index in [1.54, 1.807) is 17.9 Å². The molecule has 126 valence electrons. The number of hydrogen-bond acceptors (Lipinski definition) is 2. The standard InChI is InChI=1S/C16H19F3N2O2/c1-10(11-3-2-4-13(8-11)16(17,18)19)7-14(22)21-6-5-12(9-21)15(20)23/h2-4,8,10,12H,5-7,9H2,1H3,(H2,20,23). The Balaban J connectivity index is 2.01.